The second-order valence-electron chi connectivity index (χ2n) is 9.84. The molecule has 0 saturated carbocycles. The predicted octanol–water partition coefficient (Wildman–Crippen LogP) is -7.62. The minimum atomic E-state index is -1.42. The highest BCUT2D eigenvalue weighted by atomic mass is 16.7. The number of aliphatic hydroxyl groups is 6. The topological polar surface area (TPSA) is 270 Å². The van der Waals surface area contributed by atoms with Crippen molar-refractivity contribution in [3.05, 3.63) is 0 Å². The van der Waals surface area contributed by atoms with Gasteiger partial charge in [0.25, 0.3) is 0 Å². The number of hydrogen-bond donors (Lipinski definition) is 9. The van der Waals surface area contributed by atoms with Gasteiger partial charge in [0.05, 0.1) is 19.8 Å². The van der Waals surface area contributed by atoms with Crippen molar-refractivity contribution < 1.29 is 80.1 Å². The third-order valence-corrected chi connectivity index (χ3v) is 7.27. The molecule has 3 aliphatic rings. The second kappa shape index (κ2) is 14.2. The Morgan fingerprint density at radius 2 is 1.13 bits per heavy atom. The van der Waals surface area contributed by atoms with E-state index in [0.29, 0.717) is 0 Å². The van der Waals surface area contributed by atoms with Crippen LogP contribution in [0.15, 0.2) is 0 Å². The van der Waals surface area contributed by atoms with Crippen molar-refractivity contribution in [2.24, 2.45) is 0 Å². The number of quaternary nitrogens is 2. The molecule has 15 atom stereocenters. The number of ether oxygens (including phenoxy) is 7. The first kappa shape index (κ1) is 32.4. The molecule has 0 aromatic carbocycles. The smallest absolute Gasteiger partial charge is 0.217 e. The molecule has 0 aliphatic carbocycles. The van der Waals surface area contributed by atoms with Gasteiger partial charge >= 0.3 is 0 Å². The van der Waals surface area contributed by atoms with Gasteiger partial charge in [-0.15, -0.1) is 0 Å². The minimum absolute atomic E-state index is 0.468. The molecule has 3 saturated heterocycles. The fourth-order valence-corrected chi connectivity index (χ4v) is 5.10. The summed E-state index contributed by atoms with van der Waals surface area (Å²) in [4.78, 5) is 11.7. The summed E-state index contributed by atoms with van der Waals surface area (Å²) in [5, 5.41) is 64.7. The van der Waals surface area contributed by atoms with Crippen molar-refractivity contribution in [2.45, 2.75) is 98.9 Å². The molecule has 17 heteroatoms. The van der Waals surface area contributed by atoms with Gasteiger partial charge in [-0.25, -0.2) is 0 Å². The number of nitrogens with one attached hydrogen (secondary N) is 1. The van der Waals surface area contributed by atoms with Crippen molar-refractivity contribution in [2.75, 3.05) is 34.0 Å². The SMILES string of the molecule is CO[C@@H]1OC(CO)[C@@H](O[C@@H]2OC(CO)[C@@H](O[C@@H]3OC(CO)[C@@H](OC)C(O)C3[NH3+])[C@H](O)C2[NH3+])C(O)C1NC(C)=O. The molecule has 0 aromatic rings. The summed E-state index contributed by atoms with van der Waals surface area (Å²) in [5.74, 6) is -0.468. The van der Waals surface area contributed by atoms with E-state index in [1.165, 1.54) is 21.1 Å². The van der Waals surface area contributed by atoms with E-state index >= 15 is 0 Å². The van der Waals surface area contributed by atoms with Gasteiger partial charge in [-0.1, -0.05) is 0 Å². The third-order valence-electron chi connectivity index (χ3n) is 7.27. The van der Waals surface area contributed by atoms with Crippen LogP contribution in [0.2, 0.25) is 0 Å². The molecule has 3 rings (SSSR count). The van der Waals surface area contributed by atoms with E-state index < -0.39 is 118 Å². The van der Waals surface area contributed by atoms with Crippen LogP contribution in [0.4, 0.5) is 0 Å². The van der Waals surface area contributed by atoms with Crippen LogP contribution in [0.1, 0.15) is 6.92 Å². The lowest BCUT2D eigenvalue weighted by Crippen LogP contribution is -2.81. The van der Waals surface area contributed by atoms with Crippen LogP contribution in [0.25, 0.3) is 0 Å². The van der Waals surface area contributed by atoms with E-state index in [4.69, 9.17) is 33.2 Å². The molecule has 0 aromatic heterocycles. The van der Waals surface area contributed by atoms with Gasteiger partial charge in [-0.2, -0.15) is 0 Å². The number of aliphatic hydroxyl groups excluding tert-OH is 6. The van der Waals surface area contributed by atoms with Crippen molar-refractivity contribution in [1.29, 1.82) is 0 Å². The second-order valence-corrected chi connectivity index (χ2v) is 9.84. The van der Waals surface area contributed by atoms with Gasteiger partial charge in [-0.05, 0) is 0 Å². The summed E-state index contributed by atoms with van der Waals surface area (Å²) < 4.78 is 39.4. The monoisotopic (exact) mass is 573 g/mol. The zero-order valence-corrected chi connectivity index (χ0v) is 22.1. The van der Waals surface area contributed by atoms with Crippen molar-refractivity contribution in [3.63, 3.8) is 0 Å². The highest BCUT2D eigenvalue weighted by Gasteiger charge is 2.55. The predicted molar refractivity (Wildman–Crippen MR) is 124 cm³/mol. The van der Waals surface area contributed by atoms with E-state index in [2.05, 4.69) is 16.8 Å². The van der Waals surface area contributed by atoms with Gasteiger partial charge in [0, 0.05) is 21.1 Å². The van der Waals surface area contributed by atoms with Crippen LogP contribution >= 0.6 is 0 Å². The van der Waals surface area contributed by atoms with Crippen LogP contribution in [0.3, 0.4) is 0 Å². The number of hydrogen-bond acceptors (Lipinski definition) is 14. The summed E-state index contributed by atoms with van der Waals surface area (Å²) in [7, 11) is 2.66. The summed E-state index contributed by atoms with van der Waals surface area (Å²) in [5.41, 5.74) is 7.75. The zero-order valence-electron chi connectivity index (χ0n) is 22.1. The molecule has 13 N–H and O–H groups in total. The Hall–Kier alpha value is -1.13. The maximum absolute atomic E-state index is 11.7. The van der Waals surface area contributed by atoms with Crippen LogP contribution in [-0.2, 0) is 38.0 Å². The van der Waals surface area contributed by atoms with Crippen molar-refractivity contribution in [3.8, 4) is 0 Å². The molecule has 3 aliphatic heterocycles. The average molecular weight is 574 g/mol. The van der Waals surface area contributed by atoms with E-state index in [-0.39, 0.29) is 0 Å². The standard InChI is InChI=1S/C22H41N3O14/c1-7(29)25-13-16(32)19(10(6-28)37-22(13)34-3)39-21-12(24)15(31)18(9(5-27)36-21)38-20-11(23)14(30)17(33-2)8(4-26)35-20/h8-22,26-28,30-32H,4-6,23-24H2,1-3H3,(H,25,29)/p+2/t8?,9?,10?,11?,12?,13?,14?,15-,16?,17-,18-,19-,20+,21+,22-/m1/s1. The fraction of sp³-hybridized carbons (Fsp3) is 0.955. The first-order valence-electron chi connectivity index (χ1n) is 12.7. The Morgan fingerprint density at radius 3 is 1.54 bits per heavy atom. The van der Waals surface area contributed by atoms with Crippen molar-refractivity contribution >= 4 is 5.91 Å². The first-order chi connectivity index (χ1) is 18.5. The van der Waals surface area contributed by atoms with Gasteiger partial charge in [0.1, 0.15) is 61.0 Å². The highest BCUT2D eigenvalue weighted by molar-refractivity contribution is 5.73. The van der Waals surface area contributed by atoms with E-state index in [1.807, 2.05) is 0 Å². The molecule has 39 heavy (non-hydrogen) atoms. The first-order valence-corrected chi connectivity index (χ1v) is 12.7. The Kier molecular flexibility index (Phi) is 11.8. The molecule has 17 nitrogen and oxygen atoms in total. The van der Waals surface area contributed by atoms with E-state index in [0.717, 1.165) is 0 Å². The molecular weight excluding hydrogens is 530 g/mol. The zero-order chi connectivity index (χ0) is 29.0. The molecule has 0 radical (unpaired) electrons. The number of carbonyl (C=O) groups is 1. The lowest BCUT2D eigenvalue weighted by atomic mass is 9.94. The number of amides is 1. The molecule has 3 heterocycles. The number of methoxy groups -OCH3 is 2. The largest absolute Gasteiger partial charge is 0.394 e. The van der Waals surface area contributed by atoms with Gasteiger partial charge < -0.3 is 80.6 Å². The summed E-state index contributed by atoms with van der Waals surface area (Å²) in [6.07, 6.45) is -14.2. The molecule has 8 unspecified atom stereocenters. The number of rotatable bonds is 10. The van der Waals surface area contributed by atoms with Crippen LogP contribution in [0.5, 0.6) is 0 Å². The van der Waals surface area contributed by atoms with E-state index in [9.17, 15) is 35.4 Å². The lowest BCUT2D eigenvalue weighted by molar-refractivity contribution is -0.526. The molecular formula is C22H43N3O14+2. The van der Waals surface area contributed by atoms with Gasteiger partial charge in [-0.3, -0.25) is 4.79 Å². The normalized spacial score (nSPS) is 47.1. The minimum Gasteiger partial charge on any atom is -0.394 e. The fourth-order valence-electron chi connectivity index (χ4n) is 5.10. The van der Waals surface area contributed by atoms with E-state index in [1.54, 1.807) is 0 Å². The number of carbonyl (C=O) groups excluding carboxylic acids is 1. The van der Waals surface area contributed by atoms with Gasteiger partial charge in [0.2, 0.25) is 18.5 Å². The maximum Gasteiger partial charge on any atom is 0.217 e. The van der Waals surface area contributed by atoms with Crippen LogP contribution in [-0.4, -0.2) is 163 Å². The lowest BCUT2D eigenvalue weighted by Gasteiger charge is -2.47. The highest BCUT2D eigenvalue weighted by Crippen LogP contribution is 2.31. The maximum atomic E-state index is 11.7. The third kappa shape index (κ3) is 6.85. The average Bonchev–Trinajstić information content (AvgIpc) is 2.92. The molecule has 0 bridgehead atoms. The summed E-state index contributed by atoms with van der Waals surface area (Å²) in [6, 6.07) is -3.00. The molecule has 228 valence electrons. The molecule has 3 fully saturated rings. The van der Waals surface area contributed by atoms with Crippen LogP contribution in [0, 0.1) is 0 Å². The Morgan fingerprint density at radius 1 is 0.718 bits per heavy atom. The Bertz CT molecular complexity index is 780. The van der Waals surface area contributed by atoms with Crippen molar-refractivity contribution in [1.82, 2.24) is 5.32 Å². The summed E-state index contributed by atoms with van der Waals surface area (Å²) >= 11 is 0. The molecule has 0 spiro atoms. The van der Waals surface area contributed by atoms with Gasteiger partial charge in [0.15, 0.2) is 18.4 Å². The Labute approximate surface area is 224 Å². The Balaban J connectivity index is 1.75. The molecule has 1 amide bonds. The summed E-state index contributed by atoms with van der Waals surface area (Å²) in [6.45, 7) is -0.454. The van der Waals surface area contributed by atoms with Crippen LogP contribution < -0.4 is 16.8 Å². The quantitative estimate of drug-likeness (QED) is 0.117.